The molecular formula is C16H16N4OS. The van der Waals surface area contributed by atoms with Gasteiger partial charge in [0.05, 0.1) is 12.1 Å². The predicted molar refractivity (Wildman–Crippen MR) is 86.8 cm³/mol. The molecule has 0 bridgehead atoms. The molecule has 0 radical (unpaired) electrons. The Labute approximate surface area is 131 Å². The fourth-order valence-electron chi connectivity index (χ4n) is 3.09. The lowest BCUT2D eigenvalue weighted by molar-refractivity contribution is 0.187. The van der Waals surface area contributed by atoms with E-state index in [1.165, 1.54) is 9.56 Å². The molecule has 6 heteroatoms. The fourth-order valence-corrected chi connectivity index (χ4v) is 3.98. The zero-order valence-electron chi connectivity index (χ0n) is 12.1. The van der Waals surface area contributed by atoms with Gasteiger partial charge in [-0.1, -0.05) is 23.4 Å². The van der Waals surface area contributed by atoms with Crippen LogP contribution in [0.1, 0.15) is 23.8 Å². The van der Waals surface area contributed by atoms with Crippen LogP contribution in [0.3, 0.4) is 0 Å². The van der Waals surface area contributed by atoms with Crippen LogP contribution in [0.25, 0.3) is 10.9 Å². The highest BCUT2D eigenvalue weighted by atomic mass is 32.1. The molecule has 112 valence electrons. The number of thiophene rings is 1. The second kappa shape index (κ2) is 5.62. The smallest absolute Gasteiger partial charge is 0.276 e. The summed E-state index contributed by atoms with van der Waals surface area (Å²) in [5.74, 6) is 0. The van der Waals surface area contributed by atoms with Gasteiger partial charge in [-0.2, -0.15) is 4.68 Å². The minimum atomic E-state index is -0.0672. The van der Waals surface area contributed by atoms with Gasteiger partial charge in [-0.25, -0.2) is 0 Å². The monoisotopic (exact) mass is 312 g/mol. The lowest BCUT2D eigenvalue weighted by Gasteiger charge is -2.23. The molecular weight excluding hydrogens is 296 g/mol. The van der Waals surface area contributed by atoms with E-state index in [0.29, 0.717) is 23.6 Å². The molecule has 0 unspecified atom stereocenters. The summed E-state index contributed by atoms with van der Waals surface area (Å²) in [6, 6.07) is 12.0. The molecule has 1 aromatic carbocycles. The maximum atomic E-state index is 12.5. The zero-order chi connectivity index (χ0) is 14.9. The lowest BCUT2D eigenvalue weighted by atomic mass is 10.2. The number of aromatic nitrogens is 3. The van der Waals surface area contributed by atoms with Crippen molar-refractivity contribution in [1.82, 2.24) is 19.9 Å². The number of hydrogen-bond acceptors (Lipinski definition) is 5. The first-order valence-corrected chi connectivity index (χ1v) is 8.31. The summed E-state index contributed by atoms with van der Waals surface area (Å²) >= 11 is 1.78. The molecule has 1 saturated heterocycles. The first-order chi connectivity index (χ1) is 10.8. The molecule has 1 aliphatic heterocycles. The summed E-state index contributed by atoms with van der Waals surface area (Å²) in [5, 5.41) is 11.0. The predicted octanol–water partition coefficient (Wildman–Crippen LogP) is 2.65. The number of benzene rings is 1. The van der Waals surface area contributed by atoms with Crippen molar-refractivity contribution in [2.24, 2.45) is 0 Å². The molecule has 1 atom stereocenters. The topological polar surface area (TPSA) is 51.0 Å². The SMILES string of the molecule is O=c1c2ccccc2nnn1CN1CCC[C@@H]1c1cccs1. The van der Waals surface area contributed by atoms with Crippen LogP contribution in [0.2, 0.25) is 0 Å². The third-order valence-corrected chi connectivity index (χ3v) is 5.15. The van der Waals surface area contributed by atoms with Gasteiger partial charge in [0.15, 0.2) is 0 Å². The number of hydrogen-bond donors (Lipinski definition) is 0. The molecule has 22 heavy (non-hydrogen) atoms. The maximum absolute atomic E-state index is 12.5. The van der Waals surface area contributed by atoms with Crippen LogP contribution in [-0.2, 0) is 6.67 Å². The summed E-state index contributed by atoms with van der Waals surface area (Å²) in [4.78, 5) is 16.2. The van der Waals surface area contributed by atoms with Gasteiger partial charge in [0, 0.05) is 17.5 Å². The van der Waals surface area contributed by atoms with Crippen LogP contribution in [0.15, 0.2) is 46.6 Å². The highest BCUT2D eigenvalue weighted by Gasteiger charge is 2.27. The fraction of sp³-hybridized carbons (Fsp3) is 0.312. The van der Waals surface area contributed by atoms with Gasteiger partial charge in [-0.15, -0.1) is 16.4 Å². The Balaban J connectivity index is 1.66. The Morgan fingerprint density at radius 2 is 2.14 bits per heavy atom. The largest absolute Gasteiger partial charge is 0.278 e. The minimum Gasteiger partial charge on any atom is -0.276 e. The van der Waals surface area contributed by atoms with Crippen LogP contribution in [-0.4, -0.2) is 26.4 Å². The number of likely N-dealkylation sites (tertiary alicyclic amines) is 1. The van der Waals surface area contributed by atoms with Gasteiger partial charge in [0.1, 0.15) is 5.52 Å². The Morgan fingerprint density at radius 3 is 3.00 bits per heavy atom. The second-order valence-electron chi connectivity index (χ2n) is 5.54. The van der Waals surface area contributed by atoms with Gasteiger partial charge in [-0.05, 0) is 36.4 Å². The van der Waals surface area contributed by atoms with Gasteiger partial charge >= 0.3 is 0 Å². The quantitative estimate of drug-likeness (QED) is 0.746. The van der Waals surface area contributed by atoms with Crippen molar-refractivity contribution < 1.29 is 0 Å². The van der Waals surface area contributed by atoms with E-state index in [2.05, 4.69) is 32.7 Å². The van der Waals surface area contributed by atoms with Crippen molar-refractivity contribution in [3.8, 4) is 0 Å². The second-order valence-corrected chi connectivity index (χ2v) is 6.52. The van der Waals surface area contributed by atoms with Gasteiger partial charge < -0.3 is 0 Å². The van der Waals surface area contributed by atoms with Crippen LogP contribution in [0, 0.1) is 0 Å². The molecule has 0 aliphatic carbocycles. The lowest BCUT2D eigenvalue weighted by Crippen LogP contribution is -2.34. The maximum Gasteiger partial charge on any atom is 0.278 e. The minimum absolute atomic E-state index is 0.0672. The zero-order valence-corrected chi connectivity index (χ0v) is 12.9. The highest BCUT2D eigenvalue weighted by Crippen LogP contribution is 2.34. The molecule has 1 aliphatic rings. The summed E-state index contributed by atoms with van der Waals surface area (Å²) in [7, 11) is 0. The van der Waals surface area contributed by atoms with Crippen molar-refractivity contribution in [3.63, 3.8) is 0 Å². The highest BCUT2D eigenvalue weighted by molar-refractivity contribution is 7.10. The van der Waals surface area contributed by atoms with Crippen molar-refractivity contribution in [3.05, 3.63) is 57.0 Å². The average Bonchev–Trinajstić information content (AvgIpc) is 3.21. The molecule has 0 amide bonds. The van der Waals surface area contributed by atoms with E-state index in [4.69, 9.17) is 0 Å². The van der Waals surface area contributed by atoms with Crippen molar-refractivity contribution in [2.75, 3.05) is 6.54 Å². The van der Waals surface area contributed by atoms with Gasteiger partial charge in [0.2, 0.25) is 0 Å². The molecule has 0 N–H and O–H groups in total. The molecule has 4 rings (SSSR count). The third kappa shape index (κ3) is 2.34. The molecule has 2 aromatic heterocycles. The Hall–Kier alpha value is -2.05. The van der Waals surface area contributed by atoms with Gasteiger partial charge in [0.25, 0.3) is 5.56 Å². The van der Waals surface area contributed by atoms with Crippen molar-refractivity contribution in [1.29, 1.82) is 0 Å². The Bertz CT molecular complexity index is 843. The molecule has 0 spiro atoms. The van der Waals surface area contributed by atoms with E-state index >= 15 is 0 Å². The van der Waals surface area contributed by atoms with E-state index in [1.54, 1.807) is 11.3 Å². The first-order valence-electron chi connectivity index (χ1n) is 7.43. The van der Waals surface area contributed by atoms with Crippen molar-refractivity contribution in [2.45, 2.75) is 25.6 Å². The summed E-state index contributed by atoms with van der Waals surface area (Å²) < 4.78 is 1.48. The molecule has 3 heterocycles. The number of fused-ring (bicyclic) bond motifs is 1. The van der Waals surface area contributed by atoms with Crippen LogP contribution < -0.4 is 5.56 Å². The van der Waals surface area contributed by atoms with Gasteiger partial charge in [-0.3, -0.25) is 9.69 Å². The average molecular weight is 312 g/mol. The summed E-state index contributed by atoms with van der Waals surface area (Å²) in [6.45, 7) is 1.49. The third-order valence-electron chi connectivity index (χ3n) is 4.18. The van der Waals surface area contributed by atoms with Crippen molar-refractivity contribution >= 4 is 22.2 Å². The first kappa shape index (κ1) is 13.6. The molecule has 3 aromatic rings. The van der Waals surface area contributed by atoms with Crippen LogP contribution in [0.5, 0.6) is 0 Å². The molecule has 1 fully saturated rings. The van der Waals surface area contributed by atoms with E-state index in [9.17, 15) is 4.79 Å². The number of rotatable bonds is 3. The van der Waals surface area contributed by atoms with E-state index in [-0.39, 0.29) is 5.56 Å². The molecule has 5 nitrogen and oxygen atoms in total. The van der Waals surface area contributed by atoms with E-state index < -0.39 is 0 Å². The van der Waals surface area contributed by atoms with Crippen LogP contribution in [0.4, 0.5) is 0 Å². The van der Waals surface area contributed by atoms with Crippen LogP contribution >= 0.6 is 11.3 Å². The summed E-state index contributed by atoms with van der Waals surface area (Å²) in [6.07, 6.45) is 2.29. The normalized spacial score (nSPS) is 19.0. The number of nitrogens with zero attached hydrogens (tertiary/aromatic N) is 4. The Kier molecular flexibility index (Phi) is 3.48. The molecule has 0 saturated carbocycles. The summed E-state index contributed by atoms with van der Waals surface area (Å²) in [5.41, 5.74) is 0.586. The van der Waals surface area contributed by atoms with E-state index in [0.717, 1.165) is 19.4 Å². The standard InChI is InChI=1S/C16H16N4OS/c21-16-12-5-1-2-6-13(12)17-18-20(16)11-19-9-3-7-14(19)15-8-4-10-22-15/h1-2,4-6,8,10,14H,3,7,9,11H2/t14-/m1/s1. The van der Waals surface area contributed by atoms with E-state index in [1.807, 2.05) is 24.3 Å². The Morgan fingerprint density at radius 1 is 1.23 bits per heavy atom.